The van der Waals surface area contributed by atoms with Crippen LogP contribution >= 0.6 is 11.6 Å². The first-order chi connectivity index (χ1) is 13.0. The molecule has 5 nitrogen and oxygen atoms in total. The number of halogens is 1. The van der Waals surface area contributed by atoms with Crippen molar-refractivity contribution in [2.45, 2.75) is 25.8 Å². The van der Waals surface area contributed by atoms with E-state index in [9.17, 15) is 9.59 Å². The Morgan fingerprint density at radius 3 is 2.74 bits per heavy atom. The van der Waals surface area contributed by atoms with Gasteiger partial charge in [0.05, 0.1) is 18.2 Å². The van der Waals surface area contributed by atoms with Crippen molar-refractivity contribution in [3.8, 4) is 0 Å². The summed E-state index contributed by atoms with van der Waals surface area (Å²) in [6.07, 6.45) is 2.89. The van der Waals surface area contributed by atoms with Gasteiger partial charge in [0.15, 0.2) is 0 Å². The number of nitrogens with one attached hydrogen (secondary N) is 2. The minimum absolute atomic E-state index is 0.166. The van der Waals surface area contributed by atoms with E-state index in [1.54, 1.807) is 0 Å². The van der Waals surface area contributed by atoms with Crippen molar-refractivity contribution in [3.05, 3.63) is 64.8 Å². The van der Waals surface area contributed by atoms with Crippen LogP contribution in [0.4, 0.5) is 5.69 Å². The number of carbonyl (C=O) groups excluding carboxylic acids is 2. The molecular formula is C21H20ClN3O2. The topological polar surface area (TPSA) is 65.2 Å². The van der Waals surface area contributed by atoms with Crippen molar-refractivity contribution < 1.29 is 9.59 Å². The van der Waals surface area contributed by atoms with Crippen LogP contribution < -0.4 is 10.2 Å². The molecule has 1 aliphatic heterocycles. The van der Waals surface area contributed by atoms with Gasteiger partial charge in [-0.2, -0.15) is 0 Å². The average molecular weight is 382 g/mol. The highest BCUT2D eigenvalue weighted by atomic mass is 35.5. The van der Waals surface area contributed by atoms with E-state index in [-0.39, 0.29) is 18.2 Å². The molecule has 1 saturated heterocycles. The SMILES string of the molecule is Cc1ccc(N2C(=O)C[C@H](NCCc3c[nH]c4ccc(Cl)cc34)C2=O)cc1. The van der Waals surface area contributed by atoms with E-state index >= 15 is 0 Å². The van der Waals surface area contributed by atoms with E-state index in [1.807, 2.05) is 55.6 Å². The molecule has 27 heavy (non-hydrogen) atoms. The molecule has 1 aromatic heterocycles. The van der Waals surface area contributed by atoms with E-state index in [0.717, 1.165) is 28.5 Å². The number of nitrogens with zero attached hydrogens (tertiary/aromatic N) is 1. The highest BCUT2D eigenvalue weighted by Gasteiger charge is 2.39. The number of benzene rings is 2. The number of H-pyrrole nitrogens is 1. The second-order valence-electron chi connectivity index (χ2n) is 6.87. The smallest absolute Gasteiger partial charge is 0.251 e. The first kappa shape index (κ1) is 17.8. The Morgan fingerprint density at radius 1 is 1.19 bits per heavy atom. The zero-order valence-electron chi connectivity index (χ0n) is 15.0. The number of aryl methyl sites for hydroxylation is 1. The molecule has 6 heteroatoms. The van der Waals surface area contributed by atoms with Crippen LogP contribution in [0.5, 0.6) is 0 Å². The predicted octanol–water partition coefficient (Wildman–Crippen LogP) is 3.59. The van der Waals surface area contributed by atoms with Gasteiger partial charge in [-0.15, -0.1) is 0 Å². The largest absolute Gasteiger partial charge is 0.361 e. The lowest BCUT2D eigenvalue weighted by Gasteiger charge is -2.15. The quantitative estimate of drug-likeness (QED) is 0.664. The van der Waals surface area contributed by atoms with Crippen LogP contribution in [0, 0.1) is 6.92 Å². The number of aromatic amines is 1. The Balaban J connectivity index is 1.41. The first-order valence-electron chi connectivity index (χ1n) is 8.95. The molecule has 1 aliphatic rings. The fourth-order valence-corrected chi connectivity index (χ4v) is 3.67. The number of anilines is 1. The number of rotatable bonds is 5. The normalized spacial score (nSPS) is 17.3. The van der Waals surface area contributed by atoms with Crippen molar-refractivity contribution in [2.24, 2.45) is 0 Å². The van der Waals surface area contributed by atoms with Crippen LogP contribution in [-0.2, 0) is 16.0 Å². The van der Waals surface area contributed by atoms with Crippen molar-refractivity contribution in [2.75, 3.05) is 11.4 Å². The molecule has 0 saturated carbocycles. The minimum atomic E-state index is -0.479. The molecule has 0 unspecified atom stereocenters. The van der Waals surface area contributed by atoms with Crippen molar-refractivity contribution in [3.63, 3.8) is 0 Å². The van der Waals surface area contributed by atoms with Crippen LogP contribution in [0.1, 0.15) is 17.5 Å². The molecule has 0 aliphatic carbocycles. The number of aromatic nitrogens is 1. The summed E-state index contributed by atoms with van der Waals surface area (Å²) < 4.78 is 0. The third kappa shape index (κ3) is 3.48. The van der Waals surface area contributed by atoms with E-state index in [0.29, 0.717) is 17.3 Å². The van der Waals surface area contributed by atoms with E-state index in [4.69, 9.17) is 11.6 Å². The maximum atomic E-state index is 12.7. The summed E-state index contributed by atoms with van der Waals surface area (Å²) in [6.45, 7) is 2.57. The third-order valence-electron chi connectivity index (χ3n) is 4.95. The number of carbonyl (C=O) groups is 2. The van der Waals surface area contributed by atoms with Gasteiger partial charge in [0.1, 0.15) is 0 Å². The first-order valence-corrected chi connectivity index (χ1v) is 9.33. The maximum absolute atomic E-state index is 12.7. The summed E-state index contributed by atoms with van der Waals surface area (Å²) in [7, 11) is 0. The van der Waals surface area contributed by atoms with Crippen LogP contribution in [0.15, 0.2) is 48.7 Å². The second kappa shape index (κ2) is 7.18. The fourth-order valence-electron chi connectivity index (χ4n) is 3.50. The van der Waals surface area contributed by atoms with Crippen LogP contribution in [-0.4, -0.2) is 29.4 Å². The lowest BCUT2D eigenvalue weighted by atomic mass is 10.1. The van der Waals surface area contributed by atoms with Gasteiger partial charge >= 0.3 is 0 Å². The Labute approximate surface area is 162 Å². The molecule has 2 aromatic carbocycles. The van der Waals surface area contributed by atoms with E-state index < -0.39 is 6.04 Å². The minimum Gasteiger partial charge on any atom is -0.361 e. The molecule has 0 radical (unpaired) electrons. The van der Waals surface area contributed by atoms with Gasteiger partial charge < -0.3 is 10.3 Å². The molecule has 3 aromatic rings. The van der Waals surface area contributed by atoms with Crippen molar-refractivity contribution in [1.29, 1.82) is 0 Å². The standard InChI is InChI=1S/C21H20ClN3O2/c1-13-2-5-16(6-3-13)25-20(26)11-19(21(25)27)23-9-8-14-12-24-18-7-4-15(22)10-17(14)18/h2-7,10,12,19,23-24H,8-9,11H2,1H3/t19-/m0/s1. The third-order valence-corrected chi connectivity index (χ3v) is 5.19. The maximum Gasteiger partial charge on any atom is 0.251 e. The molecule has 1 atom stereocenters. The van der Waals surface area contributed by atoms with Crippen LogP contribution in [0.3, 0.4) is 0 Å². The summed E-state index contributed by atoms with van der Waals surface area (Å²) in [5, 5.41) is 5.01. The van der Waals surface area contributed by atoms with Gasteiger partial charge in [-0.25, -0.2) is 4.90 Å². The van der Waals surface area contributed by atoms with Gasteiger partial charge in [0.25, 0.3) is 5.91 Å². The van der Waals surface area contributed by atoms with Gasteiger partial charge in [-0.05, 0) is 49.2 Å². The molecule has 4 rings (SSSR count). The lowest BCUT2D eigenvalue weighted by molar-refractivity contribution is -0.121. The Morgan fingerprint density at radius 2 is 1.96 bits per heavy atom. The summed E-state index contributed by atoms with van der Waals surface area (Å²) in [5.74, 6) is -0.356. The molecule has 2 N–H and O–H groups in total. The summed E-state index contributed by atoms with van der Waals surface area (Å²) in [4.78, 5) is 29.5. The van der Waals surface area contributed by atoms with Gasteiger partial charge in [0, 0.05) is 28.7 Å². The van der Waals surface area contributed by atoms with Crippen molar-refractivity contribution in [1.82, 2.24) is 10.3 Å². The molecule has 1 fully saturated rings. The van der Waals surface area contributed by atoms with E-state index in [2.05, 4.69) is 10.3 Å². The number of imide groups is 1. The molecule has 2 amide bonds. The summed E-state index contributed by atoms with van der Waals surface area (Å²) in [6, 6.07) is 12.7. The number of hydrogen-bond donors (Lipinski definition) is 2. The lowest BCUT2D eigenvalue weighted by Crippen LogP contribution is -2.39. The molecular weight excluding hydrogens is 362 g/mol. The Kier molecular flexibility index (Phi) is 4.72. The number of hydrogen-bond acceptors (Lipinski definition) is 3. The summed E-state index contributed by atoms with van der Waals surface area (Å²) in [5.41, 5.74) is 3.89. The van der Waals surface area contributed by atoms with Crippen LogP contribution in [0.25, 0.3) is 10.9 Å². The average Bonchev–Trinajstić information content (AvgIpc) is 3.17. The molecule has 0 spiro atoms. The van der Waals surface area contributed by atoms with Gasteiger partial charge in [-0.3, -0.25) is 9.59 Å². The Hall–Kier alpha value is -2.63. The van der Waals surface area contributed by atoms with Gasteiger partial charge in [-0.1, -0.05) is 29.3 Å². The number of amides is 2. The second-order valence-corrected chi connectivity index (χ2v) is 7.30. The number of fused-ring (bicyclic) bond motifs is 1. The highest BCUT2D eigenvalue weighted by Crippen LogP contribution is 2.24. The van der Waals surface area contributed by atoms with E-state index in [1.165, 1.54) is 4.90 Å². The Bertz CT molecular complexity index is 1010. The van der Waals surface area contributed by atoms with Crippen molar-refractivity contribution >= 4 is 40.0 Å². The zero-order chi connectivity index (χ0) is 19.0. The van der Waals surface area contributed by atoms with Crippen LogP contribution in [0.2, 0.25) is 5.02 Å². The molecule has 2 heterocycles. The fraction of sp³-hybridized carbons (Fsp3) is 0.238. The predicted molar refractivity (Wildman–Crippen MR) is 107 cm³/mol. The molecule has 138 valence electrons. The highest BCUT2D eigenvalue weighted by molar-refractivity contribution is 6.31. The summed E-state index contributed by atoms with van der Waals surface area (Å²) >= 11 is 6.09. The zero-order valence-corrected chi connectivity index (χ0v) is 15.7. The molecule has 0 bridgehead atoms. The van der Waals surface area contributed by atoms with Gasteiger partial charge in [0.2, 0.25) is 5.91 Å². The monoisotopic (exact) mass is 381 g/mol.